The van der Waals surface area contributed by atoms with Crippen molar-refractivity contribution in [3.8, 4) is 11.5 Å². The van der Waals surface area contributed by atoms with Gasteiger partial charge in [-0.2, -0.15) is 0 Å². The third kappa shape index (κ3) is 5.60. The van der Waals surface area contributed by atoms with Crippen molar-refractivity contribution in [3.63, 3.8) is 0 Å². The standard InChI is InChI=1S/C23H21N3O6/c1-30-16-11-9-15(10-12-16)22(28)26-20(27)14-32-23(29)17-6-5-13-24-21(17)25-18-7-3-4-8-19(18)31-2/h3-13H,14H2,1-2H3,(H,24,25)(H,26,27,28). The van der Waals surface area contributed by atoms with Crippen LogP contribution in [0.3, 0.4) is 0 Å². The number of hydrogen-bond donors (Lipinski definition) is 2. The number of aromatic nitrogens is 1. The molecule has 2 aromatic carbocycles. The molecule has 0 bridgehead atoms. The molecule has 3 aromatic rings. The number of carbonyl (C=O) groups excluding carboxylic acids is 3. The van der Waals surface area contributed by atoms with E-state index in [1.165, 1.54) is 38.6 Å². The molecule has 9 nitrogen and oxygen atoms in total. The number of nitrogens with one attached hydrogen (secondary N) is 2. The fraction of sp³-hybridized carbons (Fsp3) is 0.130. The van der Waals surface area contributed by atoms with Crippen LogP contribution in [-0.4, -0.2) is 43.6 Å². The molecule has 32 heavy (non-hydrogen) atoms. The Morgan fingerprint density at radius 3 is 2.38 bits per heavy atom. The minimum absolute atomic E-state index is 0.118. The van der Waals surface area contributed by atoms with Crippen molar-refractivity contribution >= 4 is 29.3 Å². The molecule has 0 aliphatic rings. The molecule has 0 aliphatic carbocycles. The van der Waals surface area contributed by atoms with Gasteiger partial charge in [-0.25, -0.2) is 9.78 Å². The lowest BCUT2D eigenvalue weighted by Gasteiger charge is -2.13. The molecule has 0 unspecified atom stereocenters. The number of rotatable bonds is 8. The first-order chi connectivity index (χ1) is 15.5. The van der Waals surface area contributed by atoms with Gasteiger partial charge >= 0.3 is 5.97 Å². The summed E-state index contributed by atoms with van der Waals surface area (Å²) in [5.74, 6) is -0.778. The summed E-state index contributed by atoms with van der Waals surface area (Å²) in [6.45, 7) is -0.635. The fourth-order valence-corrected chi connectivity index (χ4v) is 2.73. The Kier molecular flexibility index (Phi) is 7.37. The number of methoxy groups -OCH3 is 2. The summed E-state index contributed by atoms with van der Waals surface area (Å²) >= 11 is 0. The molecular formula is C23H21N3O6. The topological polar surface area (TPSA) is 116 Å². The van der Waals surface area contributed by atoms with Gasteiger partial charge in [-0.15, -0.1) is 0 Å². The molecule has 0 saturated carbocycles. The van der Waals surface area contributed by atoms with Gasteiger partial charge in [0.15, 0.2) is 6.61 Å². The average Bonchev–Trinajstić information content (AvgIpc) is 2.83. The van der Waals surface area contributed by atoms with Crippen molar-refractivity contribution in [1.29, 1.82) is 0 Å². The number of ether oxygens (including phenoxy) is 3. The van der Waals surface area contributed by atoms with Gasteiger partial charge in [0, 0.05) is 11.8 Å². The van der Waals surface area contributed by atoms with E-state index < -0.39 is 24.4 Å². The number of esters is 1. The molecule has 3 rings (SSSR count). The molecule has 0 fully saturated rings. The van der Waals surface area contributed by atoms with E-state index in [2.05, 4.69) is 15.6 Å². The first-order valence-corrected chi connectivity index (χ1v) is 9.52. The molecule has 0 radical (unpaired) electrons. The Labute approximate surface area is 184 Å². The maximum absolute atomic E-state index is 12.5. The van der Waals surface area contributed by atoms with Gasteiger partial charge in [-0.3, -0.25) is 14.9 Å². The summed E-state index contributed by atoms with van der Waals surface area (Å²) in [5.41, 5.74) is 0.985. The van der Waals surface area contributed by atoms with Crippen LogP contribution in [0.1, 0.15) is 20.7 Å². The lowest BCUT2D eigenvalue weighted by atomic mass is 10.2. The van der Waals surface area contributed by atoms with Crippen LogP contribution >= 0.6 is 0 Å². The van der Waals surface area contributed by atoms with E-state index >= 15 is 0 Å². The number of pyridine rings is 1. The molecule has 0 aliphatic heterocycles. The molecule has 0 saturated heterocycles. The van der Waals surface area contributed by atoms with E-state index in [9.17, 15) is 14.4 Å². The third-order valence-corrected chi connectivity index (χ3v) is 4.33. The van der Waals surface area contributed by atoms with Gasteiger partial charge in [-0.05, 0) is 48.5 Å². The van der Waals surface area contributed by atoms with Gasteiger partial charge in [0.1, 0.15) is 22.9 Å². The molecule has 0 atom stereocenters. The van der Waals surface area contributed by atoms with E-state index in [1.54, 1.807) is 36.4 Å². The van der Waals surface area contributed by atoms with Crippen molar-refractivity contribution in [1.82, 2.24) is 10.3 Å². The first-order valence-electron chi connectivity index (χ1n) is 9.52. The Morgan fingerprint density at radius 1 is 0.906 bits per heavy atom. The number of para-hydroxylation sites is 2. The minimum atomic E-state index is -0.775. The van der Waals surface area contributed by atoms with Crippen LogP contribution in [-0.2, 0) is 9.53 Å². The smallest absolute Gasteiger partial charge is 0.342 e. The summed E-state index contributed by atoms with van der Waals surface area (Å²) in [5, 5.41) is 5.19. The van der Waals surface area contributed by atoms with E-state index in [0.717, 1.165) is 0 Å². The molecule has 0 spiro atoms. The van der Waals surface area contributed by atoms with Crippen molar-refractivity contribution in [2.45, 2.75) is 0 Å². The van der Waals surface area contributed by atoms with Gasteiger partial charge in [0.05, 0.1) is 19.9 Å². The number of imide groups is 1. The van der Waals surface area contributed by atoms with Crippen LogP contribution in [0, 0.1) is 0 Å². The second-order valence-electron chi connectivity index (χ2n) is 6.41. The molecular weight excluding hydrogens is 414 g/mol. The highest BCUT2D eigenvalue weighted by Crippen LogP contribution is 2.27. The van der Waals surface area contributed by atoms with Crippen LogP contribution in [0.2, 0.25) is 0 Å². The maximum Gasteiger partial charge on any atom is 0.342 e. The van der Waals surface area contributed by atoms with Gasteiger partial charge in [0.25, 0.3) is 11.8 Å². The van der Waals surface area contributed by atoms with Crippen molar-refractivity contribution in [3.05, 3.63) is 78.0 Å². The van der Waals surface area contributed by atoms with Crippen LogP contribution in [0.15, 0.2) is 66.9 Å². The number of carbonyl (C=O) groups is 3. The molecule has 2 amide bonds. The normalized spacial score (nSPS) is 10.1. The molecule has 1 aromatic heterocycles. The predicted molar refractivity (Wildman–Crippen MR) is 116 cm³/mol. The van der Waals surface area contributed by atoms with Gasteiger partial charge in [0.2, 0.25) is 0 Å². The number of amides is 2. The highest BCUT2D eigenvalue weighted by atomic mass is 16.5. The zero-order valence-corrected chi connectivity index (χ0v) is 17.5. The Balaban J connectivity index is 1.61. The first kappa shape index (κ1) is 22.3. The summed E-state index contributed by atoms with van der Waals surface area (Å²) in [7, 11) is 3.03. The lowest BCUT2D eigenvalue weighted by Crippen LogP contribution is -2.34. The predicted octanol–water partition coefficient (Wildman–Crippen LogP) is 2.96. The van der Waals surface area contributed by atoms with E-state index in [1.807, 2.05) is 6.07 Å². The summed E-state index contributed by atoms with van der Waals surface area (Å²) in [6.07, 6.45) is 1.51. The molecule has 2 N–H and O–H groups in total. The maximum atomic E-state index is 12.5. The zero-order valence-electron chi connectivity index (χ0n) is 17.5. The van der Waals surface area contributed by atoms with Crippen molar-refractivity contribution in [2.24, 2.45) is 0 Å². The number of hydrogen-bond acceptors (Lipinski definition) is 8. The number of benzene rings is 2. The molecule has 9 heteroatoms. The van der Waals surface area contributed by atoms with Gasteiger partial charge in [-0.1, -0.05) is 12.1 Å². The Bertz CT molecular complexity index is 1110. The van der Waals surface area contributed by atoms with E-state index in [4.69, 9.17) is 14.2 Å². The largest absolute Gasteiger partial charge is 0.497 e. The fourth-order valence-electron chi connectivity index (χ4n) is 2.73. The summed E-state index contributed by atoms with van der Waals surface area (Å²) < 4.78 is 15.4. The second kappa shape index (κ2) is 10.6. The summed E-state index contributed by atoms with van der Waals surface area (Å²) in [6, 6.07) is 16.4. The third-order valence-electron chi connectivity index (χ3n) is 4.33. The summed E-state index contributed by atoms with van der Waals surface area (Å²) in [4.78, 5) is 40.9. The molecule has 1 heterocycles. The van der Waals surface area contributed by atoms with Crippen LogP contribution in [0.4, 0.5) is 11.5 Å². The van der Waals surface area contributed by atoms with Crippen molar-refractivity contribution in [2.75, 3.05) is 26.1 Å². The van der Waals surface area contributed by atoms with Crippen LogP contribution < -0.4 is 20.1 Å². The Hall–Kier alpha value is -4.40. The Morgan fingerprint density at radius 2 is 1.66 bits per heavy atom. The number of anilines is 2. The highest BCUT2D eigenvalue weighted by molar-refractivity contribution is 6.05. The monoisotopic (exact) mass is 435 g/mol. The van der Waals surface area contributed by atoms with Crippen molar-refractivity contribution < 1.29 is 28.6 Å². The average molecular weight is 435 g/mol. The number of nitrogens with zero attached hydrogens (tertiary/aromatic N) is 1. The minimum Gasteiger partial charge on any atom is -0.497 e. The molecule has 164 valence electrons. The van der Waals surface area contributed by atoms with E-state index in [0.29, 0.717) is 17.2 Å². The van der Waals surface area contributed by atoms with E-state index in [-0.39, 0.29) is 16.9 Å². The van der Waals surface area contributed by atoms with Gasteiger partial charge < -0.3 is 19.5 Å². The van der Waals surface area contributed by atoms with Crippen LogP contribution in [0.5, 0.6) is 11.5 Å². The second-order valence-corrected chi connectivity index (χ2v) is 6.41. The highest BCUT2D eigenvalue weighted by Gasteiger charge is 2.18. The van der Waals surface area contributed by atoms with Crippen LogP contribution in [0.25, 0.3) is 0 Å². The lowest BCUT2D eigenvalue weighted by molar-refractivity contribution is -0.123. The quantitative estimate of drug-likeness (QED) is 0.519. The SMILES string of the molecule is COc1ccc(C(=O)NC(=O)COC(=O)c2cccnc2Nc2ccccc2OC)cc1. The zero-order chi connectivity index (χ0) is 22.9.